The van der Waals surface area contributed by atoms with E-state index in [9.17, 15) is 9.59 Å². The second-order valence-electron chi connectivity index (χ2n) is 4.53. The SMILES string of the molecule is C=CCNC(=O)/C(=C/c1ccco1)NC(=O)c1ccc(Br)cc1. The lowest BCUT2D eigenvalue weighted by molar-refractivity contribution is -0.117. The van der Waals surface area contributed by atoms with Crippen molar-refractivity contribution in [3.8, 4) is 0 Å². The van der Waals surface area contributed by atoms with Crippen molar-refractivity contribution in [1.29, 1.82) is 0 Å². The predicted octanol–water partition coefficient (Wildman–Crippen LogP) is 3.12. The van der Waals surface area contributed by atoms with Crippen molar-refractivity contribution in [1.82, 2.24) is 10.6 Å². The Morgan fingerprint density at radius 2 is 1.96 bits per heavy atom. The molecule has 23 heavy (non-hydrogen) atoms. The average molecular weight is 375 g/mol. The topological polar surface area (TPSA) is 71.3 Å². The molecule has 0 radical (unpaired) electrons. The molecular formula is C17H15BrN2O3. The summed E-state index contributed by atoms with van der Waals surface area (Å²) in [4.78, 5) is 24.4. The van der Waals surface area contributed by atoms with E-state index in [1.54, 1.807) is 42.5 Å². The monoisotopic (exact) mass is 374 g/mol. The Morgan fingerprint density at radius 3 is 2.57 bits per heavy atom. The first-order chi connectivity index (χ1) is 11.1. The molecule has 0 unspecified atom stereocenters. The van der Waals surface area contributed by atoms with Gasteiger partial charge in [-0.05, 0) is 36.4 Å². The summed E-state index contributed by atoms with van der Waals surface area (Å²) >= 11 is 3.31. The average Bonchev–Trinajstić information content (AvgIpc) is 3.05. The number of benzene rings is 1. The van der Waals surface area contributed by atoms with E-state index in [1.807, 2.05) is 0 Å². The van der Waals surface area contributed by atoms with Crippen LogP contribution in [0, 0.1) is 0 Å². The molecule has 0 saturated heterocycles. The van der Waals surface area contributed by atoms with Crippen molar-refractivity contribution in [3.05, 3.63) is 76.8 Å². The van der Waals surface area contributed by atoms with E-state index < -0.39 is 5.91 Å². The maximum Gasteiger partial charge on any atom is 0.268 e. The summed E-state index contributed by atoms with van der Waals surface area (Å²) in [6, 6.07) is 10.2. The van der Waals surface area contributed by atoms with E-state index in [-0.39, 0.29) is 11.6 Å². The highest BCUT2D eigenvalue weighted by molar-refractivity contribution is 9.10. The number of carbonyl (C=O) groups is 2. The fourth-order valence-corrected chi connectivity index (χ4v) is 1.99. The molecular weight excluding hydrogens is 360 g/mol. The molecule has 1 aromatic heterocycles. The Balaban J connectivity index is 2.19. The second kappa shape index (κ2) is 8.14. The number of carbonyl (C=O) groups excluding carboxylic acids is 2. The lowest BCUT2D eigenvalue weighted by Gasteiger charge is -2.09. The summed E-state index contributed by atoms with van der Waals surface area (Å²) in [7, 11) is 0. The largest absolute Gasteiger partial charge is 0.465 e. The second-order valence-corrected chi connectivity index (χ2v) is 5.45. The Kier molecular flexibility index (Phi) is 5.94. The van der Waals surface area contributed by atoms with Crippen LogP contribution >= 0.6 is 15.9 Å². The number of halogens is 1. The number of hydrogen-bond donors (Lipinski definition) is 2. The standard InChI is InChI=1S/C17H15BrN2O3/c1-2-9-19-17(22)15(11-14-4-3-10-23-14)20-16(21)12-5-7-13(18)8-6-12/h2-8,10-11H,1,9H2,(H,19,22)(H,20,21)/b15-11-. The van der Waals surface area contributed by atoms with Crippen LogP contribution in [0.1, 0.15) is 16.1 Å². The predicted molar refractivity (Wildman–Crippen MR) is 91.5 cm³/mol. The minimum absolute atomic E-state index is 0.0923. The summed E-state index contributed by atoms with van der Waals surface area (Å²) < 4.78 is 6.05. The fraction of sp³-hybridized carbons (Fsp3) is 0.0588. The highest BCUT2D eigenvalue weighted by Crippen LogP contribution is 2.12. The van der Waals surface area contributed by atoms with Gasteiger partial charge in [0.25, 0.3) is 11.8 Å². The van der Waals surface area contributed by atoms with Crippen molar-refractivity contribution in [2.24, 2.45) is 0 Å². The van der Waals surface area contributed by atoms with Crippen LogP contribution in [0.4, 0.5) is 0 Å². The van der Waals surface area contributed by atoms with Crippen molar-refractivity contribution < 1.29 is 14.0 Å². The molecule has 0 spiro atoms. The lowest BCUT2D eigenvalue weighted by atomic mass is 10.2. The van der Waals surface area contributed by atoms with Crippen LogP contribution in [0.25, 0.3) is 6.08 Å². The van der Waals surface area contributed by atoms with E-state index in [0.717, 1.165) is 4.47 Å². The lowest BCUT2D eigenvalue weighted by Crippen LogP contribution is -2.34. The smallest absolute Gasteiger partial charge is 0.268 e. The Bertz CT molecular complexity index is 719. The van der Waals surface area contributed by atoms with Gasteiger partial charge in [-0.1, -0.05) is 22.0 Å². The number of furan rings is 1. The molecule has 0 fully saturated rings. The number of rotatable bonds is 6. The zero-order chi connectivity index (χ0) is 16.7. The number of amides is 2. The van der Waals surface area contributed by atoms with Crippen molar-refractivity contribution in [2.75, 3.05) is 6.54 Å². The maximum atomic E-state index is 12.3. The summed E-state index contributed by atoms with van der Waals surface area (Å²) in [5.74, 6) is -0.347. The summed E-state index contributed by atoms with van der Waals surface area (Å²) in [5.41, 5.74) is 0.532. The number of nitrogens with one attached hydrogen (secondary N) is 2. The van der Waals surface area contributed by atoms with Gasteiger partial charge >= 0.3 is 0 Å². The van der Waals surface area contributed by atoms with E-state index in [2.05, 4.69) is 33.1 Å². The van der Waals surface area contributed by atoms with Gasteiger partial charge in [-0.25, -0.2) is 0 Å². The molecule has 0 saturated carbocycles. The molecule has 0 aliphatic carbocycles. The van der Waals surface area contributed by atoms with Crippen LogP contribution < -0.4 is 10.6 Å². The van der Waals surface area contributed by atoms with Crippen LogP contribution in [0.15, 0.2) is 69.9 Å². The maximum absolute atomic E-state index is 12.3. The Morgan fingerprint density at radius 1 is 1.22 bits per heavy atom. The molecule has 2 amide bonds. The molecule has 2 rings (SSSR count). The van der Waals surface area contributed by atoms with Gasteiger partial charge in [0.2, 0.25) is 0 Å². The van der Waals surface area contributed by atoms with Crippen LogP contribution in [0.5, 0.6) is 0 Å². The molecule has 2 N–H and O–H groups in total. The molecule has 5 nitrogen and oxygen atoms in total. The molecule has 0 aliphatic rings. The number of hydrogen-bond acceptors (Lipinski definition) is 3. The molecule has 1 heterocycles. The molecule has 0 aliphatic heterocycles. The zero-order valence-electron chi connectivity index (χ0n) is 12.2. The van der Waals surface area contributed by atoms with Crippen molar-refractivity contribution in [2.45, 2.75) is 0 Å². The minimum atomic E-state index is -0.424. The highest BCUT2D eigenvalue weighted by atomic mass is 79.9. The Labute approximate surface area is 142 Å². The van der Waals surface area contributed by atoms with Gasteiger partial charge in [0, 0.05) is 22.7 Å². The van der Waals surface area contributed by atoms with Crippen molar-refractivity contribution >= 4 is 33.8 Å². The van der Waals surface area contributed by atoms with Crippen molar-refractivity contribution in [3.63, 3.8) is 0 Å². The summed E-state index contributed by atoms with van der Waals surface area (Å²) in [6.07, 6.45) is 4.51. The van der Waals surface area contributed by atoms with Crippen LogP contribution in [-0.4, -0.2) is 18.4 Å². The molecule has 118 valence electrons. The minimum Gasteiger partial charge on any atom is -0.465 e. The van der Waals surface area contributed by atoms with Gasteiger partial charge in [0.1, 0.15) is 11.5 Å². The van der Waals surface area contributed by atoms with E-state index >= 15 is 0 Å². The van der Waals surface area contributed by atoms with E-state index in [1.165, 1.54) is 12.3 Å². The Hall–Kier alpha value is -2.60. The van der Waals surface area contributed by atoms with Crippen LogP contribution in [0.3, 0.4) is 0 Å². The first-order valence-electron chi connectivity index (χ1n) is 6.81. The highest BCUT2D eigenvalue weighted by Gasteiger charge is 2.14. The fourth-order valence-electron chi connectivity index (χ4n) is 1.73. The third kappa shape index (κ3) is 4.96. The first kappa shape index (κ1) is 16.8. The van der Waals surface area contributed by atoms with E-state index in [4.69, 9.17) is 4.42 Å². The molecule has 2 aromatic rings. The normalized spacial score (nSPS) is 10.9. The van der Waals surface area contributed by atoms with Gasteiger partial charge < -0.3 is 15.1 Å². The van der Waals surface area contributed by atoms with Gasteiger partial charge in [-0.15, -0.1) is 6.58 Å². The van der Waals surface area contributed by atoms with Gasteiger partial charge in [0.15, 0.2) is 0 Å². The first-order valence-corrected chi connectivity index (χ1v) is 7.60. The molecule has 6 heteroatoms. The summed E-state index contributed by atoms with van der Waals surface area (Å²) in [5, 5.41) is 5.22. The van der Waals surface area contributed by atoms with Gasteiger partial charge in [-0.3, -0.25) is 9.59 Å². The van der Waals surface area contributed by atoms with Crippen LogP contribution in [0.2, 0.25) is 0 Å². The van der Waals surface area contributed by atoms with Gasteiger partial charge in [-0.2, -0.15) is 0 Å². The quantitative estimate of drug-likeness (QED) is 0.602. The molecule has 0 atom stereocenters. The zero-order valence-corrected chi connectivity index (χ0v) is 13.8. The van der Waals surface area contributed by atoms with Crippen LogP contribution in [-0.2, 0) is 4.79 Å². The summed E-state index contributed by atoms with van der Waals surface area (Å²) in [6.45, 7) is 3.83. The third-order valence-corrected chi connectivity index (χ3v) is 3.36. The van der Waals surface area contributed by atoms with E-state index in [0.29, 0.717) is 17.9 Å². The molecule has 0 bridgehead atoms. The van der Waals surface area contributed by atoms with Gasteiger partial charge in [0.05, 0.1) is 6.26 Å². The molecule has 1 aromatic carbocycles. The third-order valence-electron chi connectivity index (χ3n) is 2.84.